The zero-order chi connectivity index (χ0) is 20.2. The molecule has 0 saturated heterocycles. The Morgan fingerprint density at radius 3 is 2.48 bits per heavy atom. The van der Waals surface area contributed by atoms with Crippen LogP contribution in [0.1, 0.15) is 33.3 Å². The summed E-state index contributed by atoms with van der Waals surface area (Å²) in [6, 6.07) is 7.87. The van der Waals surface area contributed by atoms with Crippen molar-refractivity contribution < 1.29 is 24.2 Å². The molecule has 8 heteroatoms. The van der Waals surface area contributed by atoms with Gasteiger partial charge in [-0.15, -0.1) is 0 Å². The van der Waals surface area contributed by atoms with Gasteiger partial charge in [0.1, 0.15) is 23.2 Å². The number of aliphatic carboxylic acids is 1. The molecule has 0 bridgehead atoms. The molecule has 0 aliphatic carbocycles. The normalized spacial score (nSPS) is 16.9. The van der Waals surface area contributed by atoms with Gasteiger partial charge in [0.15, 0.2) is 0 Å². The summed E-state index contributed by atoms with van der Waals surface area (Å²) in [7, 11) is 0. The summed E-state index contributed by atoms with van der Waals surface area (Å²) in [6.45, 7) is 6.36. The molecule has 27 heavy (non-hydrogen) atoms. The number of carboxylic acid groups (broad SMARTS) is 1. The van der Waals surface area contributed by atoms with Crippen molar-refractivity contribution in [2.24, 2.45) is 4.99 Å². The molecule has 2 rings (SSSR count). The van der Waals surface area contributed by atoms with E-state index in [9.17, 15) is 19.5 Å². The maximum Gasteiger partial charge on any atom is 0.408 e. The molecule has 1 atom stereocenters. The molecule has 2 amide bonds. The van der Waals surface area contributed by atoms with Crippen LogP contribution in [0.3, 0.4) is 0 Å². The Hall–Kier alpha value is -3.16. The molecule has 1 aromatic rings. The molecule has 1 aromatic carbocycles. The van der Waals surface area contributed by atoms with Crippen molar-refractivity contribution in [3.8, 4) is 0 Å². The van der Waals surface area contributed by atoms with Crippen LogP contribution >= 0.6 is 0 Å². The van der Waals surface area contributed by atoms with Crippen molar-refractivity contribution in [1.82, 2.24) is 10.2 Å². The lowest BCUT2D eigenvalue weighted by atomic mass is 10.2. The van der Waals surface area contributed by atoms with Crippen molar-refractivity contribution in [3.63, 3.8) is 0 Å². The van der Waals surface area contributed by atoms with E-state index in [2.05, 4.69) is 10.3 Å². The fourth-order valence-corrected chi connectivity index (χ4v) is 2.40. The highest BCUT2D eigenvalue weighted by atomic mass is 16.6. The largest absolute Gasteiger partial charge is 0.480 e. The van der Waals surface area contributed by atoms with Crippen LogP contribution in [0.15, 0.2) is 41.0 Å². The number of amides is 2. The van der Waals surface area contributed by atoms with E-state index in [1.165, 1.54) is 4.90 Å². The summed E-state index contributed by atoms with van der Waals surface area (Å²) in [5.74, 6) is -1.34. The highest BCUT2D eigenvalue weighted by Gasteiger charge is 2.33. The van der Waals surface area contributed by atoms with Crippen LogP contribution in [0.2, 0.25) is 0 Å². The average molecular weight is 373 g/mol. The number of alkyl carbamates (subject to hydrolysis) is 1. The molecular formula is C19H23N3O5. The Kier molecular flexibility index (Phi) is 5.99. The summed E-state index contributed by atoms with van der Waals surface area (Å²) in [4.78, 5) is 41.4. The van der Waals surface area contributed by atoms with Crippen molar-refractivity contribution in [2.45, 2.75) is 39.3 Å². The summed E-state index contributed by atoms with van der Waals surface area (Å²) in [6.07, 6.45) is 0.763. The number of ether oxygens (including phenoxy) is 1. The Balaban J connectivity index is 2.11. The molecule has 1 aliphatic rings. The minimum Gasteiger partial charge on any atom is -0.480 e. The number of carboxylic acids is 1. The van der Waals surface area contributed by atoms with E-state index in [4.69, 9.17) is 4.74 Å². The molecule has 0 radical (unpaired) electrons. The number of nitrogens with one attached hydrogen (secondary N) is 1. The van der Waals surface area contributed by atoms with E-state index in [0.29, 0.717) is 5.84 Å². The highest BCUT2D eigenvalue weighted by molar-refractivity contribution is 6.13. The maximum absolute atomic E-state index is 12.6. The molecule has 0 aromatic heterocycles. The fourth-order valence-electron chi connectivity index (χ4n) is 2.40. The third-order valence-corrected chi connectivity index (χ3v) is 3.59. The van der Waals surface area contributed by atoms with Gasteiger partial charge in [0, 0.05) is 0 Å². The molecule has 8 nitrogen and oxygen atoms in total. The van der Waals surface area contributed by atoms with Gasteiger partial charge in [-0.1, -0.05) is 30.3 Å². The number of carbonyl (C=O) groups excluding carboxylic acids is 2. The third-order valence-electron chi connectivity index (χ3n) is 3.59. The van der Waals surface area contributed by atoms with E-state index >= 15 is 0 Å². The zero-order valence-corrected chi connectivity index (χ0v) is 15.7. The second-order valence-electron chi connectivity index (χ2n) is 7.05. The van der Waals surface area contributed by atoms with E-state index < -0.39 is 29.6 Å². The Morgan fingerprint density at radius 1 is 1.30 bits per heavy atom. The minimum atomic E-state index is -1.33. The predicted octanol–water partition coefficient (Wildman–Crippen LogP) is 2.27. The monoisotopic (exact) mass is 373 g/mol. The molecule has 0 saturated carbocycles. The Morgan fingerprint density at radius 2 is 1.93 bits per heavy atom. The average Bonchev–Trinajstić information content (AvgIpc) is 2.80. The van der Waals surface area contributed by atoms with E-state index in [1.54, 1.807) is 33.8 Å². The summed E-state index contributed by atoms with van der Waals surface area (Å²) >= 11 is 0. The lowest BCUT2D eigenvalue weighted by Crippen LogP contribution is -2.51. The lowest BCUT2D eigenvalue weighted by molar-refractivity contribution is -0.140. The smallest absolute Gasteiger partial charge is 0.408 e. The summed E-state index contributed by atoms with van der Waals surface area (Å²) in [5, 5.41) is 11.7. The van der Waals surface area contributed by atoms with Crippen LogP contribution in [0.5, 0.6) is 0 Å². The summed E-state index contributed by atoms with van der Waals surface area (Å²) in [5.41, 5.74) is 0.251. The molecule has 1 aliphatic heterocycles. The summed E-state index contributed by atoms with van der Waals surface area (Å²) < 4.78 is 5.08. The second kappa shape index (κ2) is 8.03. The first-order chi connectivity index (χ1) is 12.6. The first-order valence-corrected chi connectivity index (χ1v) is 8.43. The van der Waals surface area contributed by atoms with E-state index in [0.717, 1.165) is 5.56 Å². The molecule has 0 fully saturated rings. The standard InChI is InChI=1S/C19H23N3O5/c1-12-20-14(10-13-8-6-5-7-9-13)16(23)22(12)11-15(17(24)25)21-18(26)27-19(2,3)4/h5-10,15H,11H2,1-4H3,(H,21,26)(H,24,25)/b14-10+/t15-/m0/s1. The van der Waals surface area contributed by atoms with Crippen molar-refractivity contribution in [2.75, 3.05) is 6.54 Å². The van der Waals surface area contributed by atoms with E-state index in [-0.39, 0.29) is 12.2 Å². The van der Waals surface area contributed by atoms with Gasteiger partial charge in [0.2, 0.25) is 0 Å². The predicted molar refractivity (Wildman–Crippen MR) is 100 cm³/mol. The van der Waals surface area contributed by atoms with Crippen LogP contribution in [0.4, 0.5) is 4.79 Å². The van der Waals surface area contributed by atoms with Crippen LogP contribution < -0.4 is 5.32 Å². The Bertz CT molecular complexity index is 793. The second-order valence-corrected chi connectivity index (χ2v) is 7.05. The van der Waals surface area contributed by atoms with Gasteiger partial charge >= 0.3 is 12.1 Å². The SMILES string of the molecule is CC1=N/C(=C/c2ccccc2)C(=O)N1C[C@H](NC(=O)OC(C)(C)C)C(=O)O. The topological polar surface area (TPSA) is 108 Å². The number of benzene rings is 1. The van der Waals surface area contributed by atoms with Crippen molar-refractivity contribution >= 4 is 29.9 Å². The number of hydrogen-bond donors (Lipinski definition) is 2. The van der Waals surface area contributed by atoms with Gasteiger partial charge in [0.25, 0.3) is 5.91 Å². The van der Waals surface area contributed by atoms with Crippen molar-refractivity contribution in [3.05, 3.63) is 41.6 Å². The molecule has 0 unspecified atom stereocenters. The number of amidine groups is 1. The molecule has 0 spiro atoms. The maximum atomic E-state index is 12.6. The zero-order valence-electron chi connectivity index (χ0n) is 15.7. The first kappa shape index (κ1) is 20.2. The first-order valence-electron chi connectivity index (χ1n) is 8.43. The van der Waals surface area contributed by atoms with Gasteiger partial charge in [-0.25, -0.2) is 14.6 Å². The number of carbonyl (C=O) groups is 3. The molecular weight excluding hydrogens is 350 g/mol. The number of aliphatic imine (C=N–C) groups is 1. The highest BCUT2D eigenvalue weighted by Crippen LogP contribution is 2.18. The van der Waals surface area contributed by atoms with Crippen LogP contribution in [0, 0.1) is 0 Å². The van der Waals surface area contributed by atoms with Gasteiger partial charge in [-0.3, -0.25) is 9.69 Å². The number of rotatable bonds is 5. The number of nitrogens with zero attached hydrogens (tertiary/aromatic N) is 2. The van der Waals surface area contributed by atoms with Crippen LogP contribution in [-0.2, 0) is 14.3 Å². The van der Waals surface area contributed by atoms with E-state index in [1.807, 2.05) is 30.3 Å². The quantitative estimate of drug-likeness (QED) is 0.770. The van der Waals surface area contributed by atoms with Crippen molar-refractivity contribution in [1.29, 1.82) is 0 Å². The molecule has 2 N–H and O–H groups in total. The van der Waals surface area contributed by atoms with Gasteiger partial charge < -0.3 is 15.2 Å². The van der Waals surface area contributed by atoms with Crippen LogP contribution in [0.25, 0.3) is 6.08 Å². The Labute approximate surface area is 157 Å². The van der Waals surface area contributed by atoms with Crippen LogP contribution in [-0.4, -0.2) is 52.0 Å². The van der Waals surface area contributed by atoms with Gasteiger partial charge in [-0.05, 0) is 39.3 Å². The lowest BCUT2D eigenvalue weighted by Gasteiger charge is -2.24. The molecule has 1 heterocycles. The number of hydrogen-bond acceptors (Lipinski definition) is 5. The van der Waals surface area contributed by atoms with Gasteiger partial charge in [0.05, 0.1) is 6.54 Å². The molecule has 144 valence electrons. The third kappa shape index (κ3) is 5.67. The minimum absolute atomic E-state index is 0.208. The van der Waals surface area contributed by atoms with Gasteiger partial charge in [-0.2, -0.15) is 0 Å². The fraction of sp³-hybridized carbons (Fsp3) is 0.368.